The lowest BCUT2D eigenvalue weighted by atomic mass is 9.89. The summed E-state index contributed by atoms with van der Waals surface area (Å²) in [5, 5.41) is 11.3. The first-order valence-corrected chi connectivity index (χ1v) is 6.74. The summed E-state index contributed by atoms with van der Waals surface area (Å²) in [7, 11) is 0. The van der Waals surface area contributed by atoms with E-state index in [1.165, 1.54) is 11.8 Å². The molecule has 1 aliphatic heterocycles. The molecule has 0 N–H and O–H groups in total. The van der Waals surface area contributed by atoms with Gasteiger partial charge in [0.05, 0.1) is 11.5 Å². The molecular weight excluding hydrogens is 258 g/mol. The molecule has 5 heteroatoms. The number of aliphatic carboxylic acids is 1. The lowest BCUT2D eigenvalue weighted by Crippen LogP contribution is -2.62. The second-order valence-corrected chi connectivity index (χ2v) is 5.21. The number of nitrogens with zero attached hydrogens (tertiary/aromatic N) is 1. The fourth-order valence-electron chi connectivity index (χ4n) is 2.42. The van der Waals surface area contributed by atoms with E-state index in [9.17, 15) is 14.7 Å². The number of amides is 1. The van der Waals surface area contributed by atoms with Crippen LogP contribution in [0.25, 0.3) is 0 Å². The molecule has 5 nitrogen and oxygen atoms in total. The Labute approximate surface area is 118 Å². The van der Waals surface area contributed by atoms with Crippen molar-refractivity contribution in [3.05, 3.63) is 35.9 Å². The molecule has 0 aromatic heterocycles. The van der Waals surface area contributed by atoms with E-state index in [1.54, 1.807) is 0 Å². The van der Waals surface area contributed by atoms with E-state index in [0.717, 1.165) is 18.4 Å². The van der Waals surface area contributed by atoms with Crippen molar-refractivity contribution in [3.8, 4) is 0 Å². The molecule has 0 spiro atoms. The van der Waals surface area contributed by atoms with Gasteiger partial charge in [-0.2, -0.15) is 0 Å². The summed E-state index contributed by atoms with van der Waals surface area (Å²) in [5.74, 6) is -1.23. The number of hydrogen-bond donors (Lipinski definition) is 0. The first-order chi connectivity index (χ1) is 9.54. The normalized spacial score (nSPS) is 22.4. The minimum absolute atomic E-state index is 0.138. The van der Waals surface area contributed by atoms with Crippen molar-refractivity contribution in [1.82, 2.24) is 4.90 Å². The first-order valence-electron chi connectivity index (χ1n) is 6.74. The third-order valence-electron chi connectivity index (χ3n) is 3.76. The molecule has 2 rings (SSSR count). The Morgan fingerprint density at radius 1 is 1.30 bits per heavy atom. The van der Waals surface area contributed by atoms with E-state index in [0.29, 0.717) is 13.0 Å². The molecule has 0 radical (unpaired) electrons. The Morgan fingerprint density at radius 2 is 2.00 bits per heavy atom. The number of carbonyl (C=O) groups excluding carboxylic acids is 2. The highest BCUT2D eigenvalue weighted by Gasteiger charge is 2.39. The van der Waals surface area contributed by atoms with Crippen LogP contribution in [-0.2, 0) is 16.1 Å². The van der Waals surface area contributed by atoms with Crippen LogP contribution in [0.15, 0.2) is 30.3 Å². The Kier molecular flexibility index (Phi) is 4.27. The Bertz CT molecular complexity index is 488. The molecule has 1 saturated heterocycles. The van der Waals surface area contributed by atoms with Gasteiger partial charge in [0.25, 0.3) is 0 Å². The van der Waals surface area contributed by atoms with Crippen LogP contribution < -0.4 is 5.11 Å². The smallest absolute Gasteiger partial charge is 0.410 e. The minimum atomic E-state index is -1.27. The van der Waals surface area contributed by atoms with Crippen LogP contribution in [0.5, 0.6) is 0 Å². The molecule has 0 saturated carbocycles. The van der Waals surface area contributed by atoms with Crippen LogP contribution in [0.4, 0.5) is 4.79 Å². The average molecular weight is 276 g/mol. The summed E-state index contributed by atoms with van der Waals surface area (Å²) in [6.45, 7) is 2.04. The quantitative estimate of drug-likeness (QED) is 0.834. The number of benzene rings is 1. The topological polar surface area (TPSA) is 69.7 Å². The Morgan fingerprint density at radius 3 is 2.65 bits per heavy atom. The van der Waals surface area contributed by atoms with Crippen LogP contribution in [0.1, 0.15) is 31.7 Å². The van der Waals surface area contributed by atoms with E-state index < -0.39 is 17.6 Å². The van der Waals surface area contributed by atoms with Gasteiger partial charge in [0.15, 0.2) is 0 Å². The van der Waals surface area contributed by atoms with Gasteiger partial charge in [0.1, 0.15) is 6.61 Å². The van der Waals surface area contributed by atoms with Gasteiger partial charge in [-0.1, -0.05) is 30.3 Å². The molecule has 20 heavy (non-hydrogen) atoms. The first kappa shape index (κ1) is 14.4. The monoisotopic (exact) mass is 276 g/mol. The lowest BCUT2D eigenvalue weighted by Gasteiger charge is -2.44. The van der Waals surface area contributed by atoms with Crippen molar-refractivity contribution in [2.45, 2.75) is 38.3 Å². The van der Waals surface area contributed by atoms with Gasteiger partial charge in [-0.25, -0.2) is 4.79 Å². The SMILES string of the molecule is C[C@@]1(C(=O)[O-])CCCCN1C(=O)OCc1ccccc1. The summed E-state index contributed by atoms with van der Waals surface area (Å²) in [5.41, 5.74) is -0.403. The highest BCUT2D eigenvalue weighted by Crippen LogP contribution is 2.28. The van der Waals surface area contributed by atoms with Crippen LogP contribution >= 0.6 is 0 Å². The summed E-state index contributed by atoms with van der Waals surface area (Å²) in [6, 6.07) is 9.29. The number of ether oxygens (including phenoxy) is 1. The van der Waals surface area contributed by atoms with E-state index in [-0.39, 0.29) is 6.61 Å². The number of carboxylic acids is 1. The molecule has 1 heterocycles. The fourth-order valence-corrected chi connectivity index (χ4v) is 2.42. The molecular formula is C15H18NO4-. The Hall–Kier alpha value is -2.04. The molecule has 1 amide bonds. The molecule has 1 atom stereocenters. The molecule has 0 aliphatic carbocycles. The van der Waals surface area contributed by atoms with E-state index in [2.05, 4.69) is 0 Å². The predicted molar refractivity (Wildman–Crippen MR) is 70.6 cm³/mol. The highest BCUT2D eigenvalue weighted by molar-refractivity contribution is 5.82. The maximum absolute atomic E-state index is 12.1. The number of hydrogen-bond acceptors (Lipinski definition) is 4. The van der Waals surface area contributed by atoms with Gasteiger partial charge >= 0.3 is 6.09 Å². The van der Waals surface area contributed by atoms with E-state index >= 15 is 0 Å². The summed E-state index contributed by atoms with van der Waals surface area (Å²) in [4.78, 5) is 24.7. The number of rotatable bonds is 3. The molecule has 0 unspecified atom stereocenters. The van der Waals surface area contributed by atoms with Gasteiger partial charge in [-0.05, 0) is 31.7 Å². The van der Waals surface area contributed by atoms with Crippen molar-refractivity contribution >= 4 is 12.1 Å². The Balaban J connectivity index is 2.02. The molecule has 1 aliphatic rings. The number of likely N-dealkylation sites (tertiary alicyclic amines) is 1. The third-order valence-corrected chi connectivity index (χ3v) is 3.76. The zero-order valence-corrected chi connectivity index (χ0v) is 11.5. The van der Waals surface area contributed by atoms with Crippen molar-refractivity contribution < 1.29 is 19.4 Å². The lowest BCUT2D eigenvalue weighted by molar-refractivity contribution is -0.319. The molecule has 0 bridgehead atoms. The van der Waals surface area contributed by atoms with Gasteiger partial charge < -0.3 is 14.6 Å². The zero-order chi connectivity index (χ0) is 14.6. The van der Waals surface area contributed by atoms with Crippen LogP contribution in [-0.4, -0.2) is 29.0 Å². The van der Waals surface area contributed by atoms with Crippen LogP contribution in [0.3, 0.4) is 0 Å². The van der Waals surface area contributed by atoms with Gasteiger partial charge in [-0.15, -0.1) is 0 Å². The number of carboxylic acid groups (broad SMARTS) is 1. The summed E-state index contributed by atoms with van der Waals surface area (Å²) >= 11 is 0. The van der Waals surface area contributed by atoms with Crippen molar-refractivity contribution in [1.29, 1.82) is 0 Å². The molecule has 1 fully saturated rings. The average Bonchev–Trinajstić information content (AvgIpc) is 2.46. The largest absolute Gasteiger partial charge is 0.548 e. The van der Waals surface area contributed by atoms with Gasteiger partial charge in [0, 0.05) is 6.54 Å². The molecule has 1 aromatic rings. The number of carbonyl (C=O) groups is 2. The highest BCUT2D eigenvalue weighted by atomic mass is 16.6. The van der Waals surface area contributed by atoms with Crippen molar-refractivity contribution in [2.75, 3.05) is 6.54 Å². The van der Waals surface area contributed by atoms with Crippen LogP contribution in [0, 0.1) is 0 Å². The van der Waals surface area contributed by atoms with E-state index in [4.69, 9.17) is 4.74 Å². The maximum Gasteiger partial charge on any atom is 0.410 e. The number of piperidine rings is 1. The maximum atomic E-state index is 12.1. The third kappa shape index (κ3) is 2.92. The second kappa shape index (κ2) is 5.94. The predicted octanol–water partition coefficient (Wildman–Crippen LogP) is 1.32. The molecule has 1 aromatic carbocycles. The summed E-state index contributed by atoms with van der Waals surface area (Å²) < 4.78 is 5.21. The fraction of sp³-hybridized carbons (Fsp3) is 0.467. The summed E-state index contributed by atoms with van der Waals surface area (Å²) in [6.07, 6.45) is 1.35. The van der Waals surface area contributed by atoms with Gasteiger partial charge in [-0.3, -0.25) is 4.90 Å². The van der Waals surface area contributed by atoms with Crippen molar-refractivity contribution in [3.63, 3.8) is 0 Å². The second-order valence-electron chi connectivity index (χ2n) is 5.21. The molecule has 108 valence electrons. The van der Waals surface area contributed by atoms with E-state index in [1.807, 2.05) is 30.3 Å². The zero-order valence-electron chi connectivity index (χ0n) is 11.5. The standard InChI is InChI=1S/C15H19NO4/c1-15(13(17)18)9-5-6-10-16(15)14(19)20-11-12-7-3-2-4-8-12/h2-4,7-8H,5-6,9-11H2,1H3,(H,17,18)/p-1/t15-/m0/s1. The van der Waals surface area contributed by atoms with Crippen LogP contribution in [0.2, 0.25) is 0 Å². The van der Waals surface area contributed by atoms with Gasteiger partial charge in [0.2, 0.25) is 0 Å². The van der Waals surface area contributed by atoms with Crippen molar-refractivity contribution in [2.24, 2.45) is 0 Å². The minimum Gasteiger partial charge on any atom is -0.548 e.